The van der Waals surface area contributed by atoms with Crippen molar-refractivity contribution < 1.29 is 17.6 Å². The van der Waals surface area contributed by atoms with Gasteiger partial charge in [-0.15, -0.1) is 0 Å². The van der Waals surface area contributed by atoms with Crippen molar-refractivity contribution in [3.8, 4) is 0 Å². The van der Waals surface area contributed by atoms with Gasteiger partial charge in [0, 0.05) is 18.8 Å². The molecule has 2 N–H and O–H groups in total. The summed E-state index contributed by atoms with van der Waals surface area (Å²) >= 11 is 6.15. The molecular weight excluding hydrogens is 455 g/mol. The molecule has 0 spiro atoms. The summed E-state index contributed by atoms with van der Waals surface area (Å²) < 4.78 is 40.8. The molecule has 2 aromatic carbocycles. The van der Waals surface area contributed by atoms with E-state index < -0.39 is 21.7 Å². The van der Waals surface area contributed by atoms with Crippen molar-refractivity contribution in [2.45, 2.75) is 18.7 Å². The minimum absolute atomic E-state index is 0.0125. The molecule has 7 nitrogen and oxygen atoms in total. The molecule has 0 atom stereocenters. The smallest absolute Gasteiger partial charge is 0.261 e. The van der Waals surface area contributed by atoms with Gasteiger partial charge in [0.15, 0.2) is 0 Å². The highest BCUT2D eigenvalue weighted by atomic mass is 35.5. The van der Waals surface area contributed by atoms with Crippen LogP contribution in [0.1, 0.15) is 24.2 Å². The Labute approximate surface area is 191 Å². The summed E-state index contributed by atoms with van der Waals surface area (Å²) in [6.07, 6.45) is 1.52. The van der Waals surface area contributed by atoms with Gasteiger partial charge in [0.1, 0.15) is 11.6 Å². The van der Waals surface area contributed by atoms with Gasteiger partial charge >= 0.3 is 0 Å². The van der Waals surface area contributed by atoms with Crippen LogP contribution in [-0.2, 0) is 10.0 Å². The number of rotatable bonds is 8. The zero-order chi connectivity index (χ0) is 23.3. The van der Waals surface area contributed by atoms with Crippen LogP contribution in [0, 0.1) is 5.82 Å². The minimum atomic E-state index is -4.02. The highest BCUT2D eigenvalue weighted by Crippen LogP contribution is 2.24. The molecule has 1 heterocycles. The fraction of sp³-hybridized carbons (Fsp3) is 0.182. The summed E-state index contributed by atoms with van der Waals surface area (Å²) in [6, 6.07) is 12.2. The van der Waals surface area contributed by atoms with E-state index in [1.807, 2.05) is 13.8 Å². The highest BCUT2D eigenvalue weighted by molar-refractivity contribution is 7.92. The number of nitrogens with zero attached hydrogens (tertiary/aromatic N) is 2. The summed E-state index contributed by atoms with van der Waals surface area (Å²) in [4.78, 5) is 19.0. The number of hydrogen-bond donors (Lipinski definition) is 2. The lowest BCUT2D eigenvalue weighted by Crippen LogP contribution is -2.23. The van der Waals surface area contributed by atoms with Gasteiger partial charge in [-0.3, -0.25) is 9.52 Å². The molecule has 3 aromatic rings. The van der Waals surface area contributed by atoms with E-state index in [1.165, 1.54) is 36.5 Å². The Bertz CT molecular complexity index is 1200. The second-order valence-electron chi connectivity index (χ2n) is 6.79. The zero-order valence-corrected chi connectivity index (χ0v) is 19.0. The number of hydrogen-bond acceptors (Lipinski definition) is 5. The van der Waals surface area contributed by atoms with Crippen molar-refractivity contribution in [2.75, 3.05) is 28.0 Å². The largest absolute Gasteiger partial charge is 0.357 e. The van der Waals surface area contributed by atoms with Gasteiger partial charge in [-0.25, -0.2) is 17.8 Å². The SMILES string of the molecule is CCN(CC)c1ccc(NC(=O)c2cc(S(=O)(=O)Nc3ccc(F)cc3)ccc2Cl)cn1. The lowest BCUT2D eigenvalue weighted by Gasteiger charge is -2.19. The van der Waals surface area contributed by atoms with Gasteiger partial charge in [-0.2, -0.15) is 0 Å². The standard InChI is InChI=1S/C22H22ClFN4O3S/c1-3-28(4-2)21-12-9-17(14-25-21)26-22(29)19-13-18(10-11-20(19)23)32(30,31)27-16-7-5-15(24)6-8-16/h5-14,27H,3-4H2,1-2H3,(H,26,29). The van der Waals surface area contributed by atoms with Gasteiger partial charge in [-0.05, 0) is 68.4 Å². The topological polar surface area (TPSA) is 91.4 Å². The fourth-order valence-electron chi connectivity index (χ4n) is 2.97. The molecule has 0 bridgehead atoms. The van der Waals surface area contributed by atoms with E-state index in [9.17, 15) is 17.6 Å². The molecule has 0 saturated heterocycles. The molecule has 0 saturated carbocycles. The van der Waals surface area contributed by atoms with E-state index in [0.29, 0.717) is 5.69 Å². The third kappa shape index (κ3) is 5.54. The van der Waals surface area contributed by atoms with Crippen LogP contribution in [0.4, 0.5) is 21.6 Å². The molecule has 3 rings (SSSR count). The maximum absolute atomic E-state index is 13.1. The molecule has 0 aliphatic carbocycles. The molecule has 0 aliphatic heterocycles. The molecule has 0 radical (unpaired) electrons. The number of pyridine rings is 1. The summed E-state index contributed by atoms with van der Waals surface area (Å²) in [7, 11) is -4.02. The Morgan fingerprint density at radius 1 is 1.03 bits per heavy atom. The number of aromatic nitrogens is 1. The zero-order valence-electron chi connectivity index (χ0n) is 17.5. The number of carbonyl (C=O) groups is 1. The van der Waals surface area contributed by atoms with Crippen LogP contribution in [-0.4, -0.2) is 32.4 Å². The molecule has 1 amide bonds. The summed E-state index contributed by atoms with van der Waals surface area (Å²) in [5.74, 6) is -0.282. The number of nitrogens with one attached hydrogen (secondary N) is 2. The predicted octanol–water partition coefficient (Wildman–Crippen LogP) is 4.77. The third-order valence-corrected chi connectivity index (χ3v) is 6.39. The molecule has 0 fully saturated rings. The number of anilines is 3. The Hall–Kier alpha value is -3.17. The van der Waals surface area contributed by atoms with E-state index >= 15 is 0 Å². The molecule has 1 aromatic heterocycles. The van der Waals surface area contributed by atoms with E-state index in [4.69, 9.17) is 11.6 Å². The first-order valence-electron chi connectivity index (χ1n) is 9.83. The Balaban J connectivity index is 1.80. The molecule has 0 aliphatic rings. The summed E-state index contributed by atoms with van der Waals surface area (Å²) in [5.41, 5.74) is 0.618. The van der Waals surface area contributed by atoms with Crippen LogP contribution >= 0.6 is 11.6 Å². The third-order valence-electron chi connectivity index (χ3n) is 4.68. The molecule has 32 heavy (non-hydrogen) atoms. The monoisotopic (exact) mass is 476 g/mol. The first-order valence-corrected chi connectivity index (χ1v) is 11.7. The quantitative estimate of drug-likeness (QED) is 0.488. The van der Waals surface area contributed by atoms with Gasteiger partial charge in [0.25, 0.3) is 15.9 Å². The van der Waals surface area contributed by atoms with Crippen molar-refractivity contribution in [2.24, 2.45) is 0 Å². The van der Waals surface area contributed by atoms with Crippen molar-refractivity contribution in [1.29, 1.82) is 0 Å². The van der Waals surface area contributed by atoms with E-state index in [-0.39, 0.29) is 21.2 Å². The van der Waals surface area contributed by atoms with Crippen molar-refractivity contribution in [3.63, 3.8) is 0 Å². The van der Waals surface area contributed by atoms with E-state index in [1.54, 1.807) is 12.1 Å². The number of carbonyl (C=O) groups excluding carboxylic acids is 1. The Morgan fingerprint density at radius 2 is 1.69 bits per heavy atom. The first-order chi connectivity index (χ1) is 15.2. The average Bonchev–Trinajstić information content (AvgIpc) is 2.77. The Morgan fingerprint density at radius 3 is 2.28 bits per heavy atom. The van der Waals surface area contributed by atoms with Crippen LogP contribution < -0.4 is 14.9 Å². The average molecular weight is 477 g/mol. The van der Waals surface area contributed by atoms with Crippen molar-refractivity contribution in [1.82, 2.24) is 4.98 Å². The van der Waals surface area contributed by atoms with Crippen LogP contribution in [0.5, 0.6) is 0 Å². The number of benzene rings is 2. The number of sulfonamides is 1. The summed E-state index contributed by atoms with van der Waals surface area (Å²) in [5, 5.41) is 2.77. The van der Waals surface area contributed by atoms with Gasteiger partial charge in [0.05, 0.1) is 27.4 Å². The maximum atomic E-state index is 13.1. The molecule has 0 unspecified atom stereocenters. The van der Waals surface area contributed by atoms with E-state index in [0.717, 1.165) is 31.0 Å². The lowest BCUT2D eigenvalue weighted by atomic mass is 10.2. The molecular formula is C22H22ClFN4O3S. The van der Waals surface area contributed by atoms with Gasteiger partial charge < -0.3 is 10.2 Å². The predicted molar refractivity (Wildman–Crippen MR) is 124 cm³/mol. The normalized spacial score (nSPS) is 11.1. The second kappa shape index (κ2) is 9.97. The van der Waals surface area contributed by atoms with Gasteiger partial charge in [-0.1, -0.05) is 11.6 Å². The molecule has 168 valence electrons. The number of halogens is 2. The maximum Gasteiger partial charge on any atom is 0.261 e. The van der Waals surface area contributed by atoms with Crippen LogP contribution in [0.15, 0.2) is 65.7 Å². The van der Waals surface area contributed by atoms with Crippen LogP contribution in [0.3, 0.4) is 0 Å². The minimum Gasteiger partial charge on any atom is -0.357 e. The van der Waals surface area contributed by atoms with Gasteiger partial charge in [0.2, 0.25) is 0 Å². The lowest BCUT2D eigenvalue weighted by molar-refractivity contribution is 0.102. The molecule has 10 heteroatoms. The highest BCUT2D eigenvalue weighted by Gasteiger charge is 2.19. The van der Waals surface area contributed by atoms with E-state index in [2.05, 4.69) is 19.9 Å². The Kier molecular flexibility index (Phi) is 7.32. The van der Waals surface area contributed by atoms with Crippen molar-refractivity contribution in [3.05, 3.63) is 77.2 Å². The number of amides is 1. The first kappa shape index (κ1) is 23.5. The fourth-order valence-corrected chi connectivity index (χ4v) is 4.26. The summed E-state index contributed by atoms with van der Waals surface area (Å²) in [6.45, 7) is 5.65. The van der Waals surface area contributed by atoms with Crippen molar-refractivity contribution >= 4 is 44.7 Å². The van der Waals surface area contributed by atoms with Crippen LogP contribution in [0.2, 0.25) is 5.02 Å². The second-order valence-corrected chi connectivity index (χ2v) is 8.88. The van der Waals surface area contributed by atoms with Crippen LogP contribution in [0.25, 0.3) is 0 Å².